The van der Waals surface area contributed by atoms with Crippen molar-refractivity contribution in [3.63, 3.8) is 0 Å². The third-order valence-corrected chi connectivity index (χ3v) is 3.04. The maximum absolute atomic E-state index is 13.0. The van der Waals surface area contributed by atoms with Crippen molar-refractivity contribution in [3.8, 4) is 28.7 Å². The summed E-state index contributed by atoms with van der Waals surface area (Å²) in [7, 11) is 0. The maximum Gasteiger partial charge on any atom is 0.262 e. The van der Waals surface area contributed by atoms with Crippen LogP contribution >= 0.6 is 0 Å². The lowest BCUT2D eigenvalue weighted by atomic mass is 10.1. The van der Waals surface area contributed by atoms with Crippen molar-refractivity contribution in [3.05, 3.63) is 47.4 Å². The van der Waals surface area contributed by atoms with Crippen LogP contribution in [0.5, 0.6) is 5.75 Å². The number of aryl methyl sites for hydroxylation is 2. The topological polar surface area (TPSA) is 72.0 Å². The van der Waals surface area contributed by atoms with Crippen molar-refractivity contribution in [2.24, 2.45) is 0 Å². The summed E-state index contributed by atoms with van der Waals surface area (Å²) in [5.41, 5.74) is 2.85. The number of pyridine rings is 1. The van der Waals surface area contributed by atoms with Crippen LogP contribution in [-0.2, 0) is 0 Å². The highest BCUT2D eigenvalue weighted by molar-refractivity contribution is 5.64. The highest BCUT2D eigenvalue weighted by Gasteiger charge is 2.16. The fourth-order valence-corrected chi connectivity index (χ4v) is 2.06. The molecule has 0 bridgehead atoms. The Hall–Kier alpha value is -2.76. The zero-order valence-electron chi connectivity index (χ0n) is 11.5. The summed E-state index contributed by atoms with van der Waals surface area (Å²) in [5, 5.41) is 13.6. The Morgan fingerprint density at radius 2 is 2.00 bits per heavy atom. The SMILES string of the molecule is Cc1cnc(-c2noc(-c3ccc(F)cc3O)n2)c(C)c1. The highest BCUT2D eigenvalue weighted by Crippen LogP contribution is 2.30. The van der Waals surface area contributed by atoms with Gasteiger partial charge in [-0.3, -0.25) is 4.98 Å². The summed E-state index contributed by atoms with van der Waals surface area (Å²) in [6, 6.07) is 5.56. The lowest BCUT2D eigenvalue weighted by molar-refractivity contribution is 0.424. The van der Waals surface area contributed by atoms with E-state index in [0.29, 0.717) is 11.5 Å². The largest absolute Gasteiger partial charge is 0.507 e. The molecular formula is C15H12FN3O2. The van der Waals surface area contributed by atoms with Crippen LogP contribution in [0.4, 0.5) is 4.39 Å². The predicted molar refractivity (Wildman–Crippen MR) is 74.1 cm³/mol. The fourth-order valence-electron chi connectivity index (χ4n) is 2.06. The Bertz CT molecular complexity index is 748. The first-order valence-electron chi connectivity index (χ1n) is 6.31. The Kier molecular flexibility index (Phi) is 3.13. The van der Waals surface area contributed by atoms with E-state index in [9.17, 15) is 9.50 Å². The number of phenols is 1. The first kappa shape index (κ1) is 13.2. The van der Waals surface area contributed by atoms with Crippen molar-refractivity contribution in [1.29, 1.82) is 0 Å². The lowest BCUT2D eigenvalue weighted by Crippen LogP contribution is -1.91. The van der Waals surface area contributed by atoms with Crippen LogP contribution in [-0.4, -0.2) is 20.2 Å². The van der Waals surface area contributed by atoms with Crippen LogP contribution < -0.4 is 0 Å². The molecule has 0 aliphatic rings. The average molecular weight is 285 g/mol. The Labute approximate surface area is 120 Å². The first-order chi connectivity index (χ1) is 10.0. The van der Waals surface area contributed by atoms with Gasteiger partial charge < -0.3 is 9.63 Å². The molecule has 6 heteroatoms. The van der Waals surface area contributed by atoms with Crippen molar-refractivity contribution in [2.75, 3.05) is 0 Å². The van der Waals surface area contributed by atoms with Gasteiger partial charge >= 0.3 is 0 Å². The van der Waals surface area contributed by atoms with E-state index in [1.807, 2.05) is 19.9 Å². The molecule has 1 N–H and O–H groups in total. The van der Waals surface area contributed by atoms with Crippen LogP contribution in [0.15, 0.2) is 35.0 Å². The summed E-state index contributed by atoms with van der Waals surface area (Å²) in [6.07, 6.45) is 1.72. The molecule has 2 heterocycles. The number of aromatic nitrogens is 3. The smallest absolute Gasteiger partial charge is 0.262 e. The van der Waals surface area contributed by atoms with Gasteiger partial charge in [0.1, 0.15) is 17.3 Å². The number of nitrogens with zero attached hydrogens (tertiary/aromatic N) is 3. The molecule has 0 saturated heterocycles. The zero-order valence-corrected chi connectivity index (χ0v) is 11.5. The molecule has 0 aliphatic heterocycles. The van der Waals surface area contributed by atoms with E-state index in [-0.39, 0.29) is 17.2 Å². The molecular weight excluding hydrogens is 273 g/mol. The zero-order chi connectivity index (χ0) is 15.0. The minimum absolute atomic E-state index is 0.115. The minimum atomic E-state index is -0.535. The highest BCUT2D eigenvalue weighted by atomic mass is 19.1. The van der Waals surface area contributed by atoms with E-state index in [0.717, 1.165) is 17.2 Å². The van der Waals surface area contributed by atoms with Crippen molar-refractivity contribution < 1.29 is 14.0 Å². The number of rotatable bonds is 2. The van der Waals surface area contributed by atoms with Crippen LogP contribution in [0.3, 0.4) is 0 Å². The number of aromatic hydroxyl groups is 1. The molecule has 106 valence electrons. The second kappa shape index (κ2) is 4.97. The summed E-state index contributed by atoms with van der Waals surface area (Å²) >= 11 is 0. The molecule has 0 saturated carbocycles. The molecule has 0 aliphatic carbocycles. The third kappa shape index (κ3) is 2.47. The molecule has 0 atom stereocenters. The molecule has 0 unspecified atom stereocenters. The van der Waals surface area contributed by atoms with Crippen molar-refractivity contribution in [1.82, 2.24) is 15.1 Å². The summed E-state index contributed by atoms with van der Waals surface area (Å²) in [6.45, 7) is 3.85. The minimum Gasteiger partial charge on any atom is -0.507 e. The average Bonchev–Trinajstić information content (AvgIpc) is 2.87. The lowest BCUT2D eigenvalue weighted by Gasteiger charge is -2.00. The Balaban J connectivity index is 2.03. The Morgan fingerprint density at radius 3 is 2.71 bits per heavy atom. The van der Waals surface area contributed by atoms with E-state index in [2.05, 4.69) is 15.1 Å². The van der Waals surface area contributed by atoms with Gasteiger partial charge in [-0.15, -0.1) is 0 Å². The van der Waals surface area contributed by atoms with Gasteiger partial charge in [0.2, 0.25) is 5.82 Å². The van der Waals surface area contributed by atoms with Gasteiger partial charge in [0.05, 0.1) is 5.56 Å². The second-order valence-electron chi connectivity index (χ2n) is 4.76. The molecule has 3 aromatic rings. The number of halogens is 1. The third-order valence-electron chi connectivity index (χ3n) is 3.04. The van der Waals surface area contributed by atoms with E-state index in [1.54, 1.807) is 6.20 Å². The van der Waals surface area contributed by atoms with Crippen LogP contribution in [0.25, 0.3) is 23.0 Å². The quantitative estimate of drug-likeness (QED) is 0.782. The molecule has 1 aromatic carbocycles. The monoisotopic (exact) mass is 285 g/mol. The van der Waals surface area contributed by atoms with Crippen LogP contribution in [0.2, 0.25) is 0 Å². The first-order valence-corrected chi connectivity index (χ1v) is 6.31. The van der Waals surface area contributed by atoms with Gasteiger partial charge in [-0.1, -0.05) is 11.2 Å². The number of phenolic OH excluding ortho intramolecular Hbond substituents is 1. The number of hydrogen-bond acceptors (Lipinski definition) is 5. The fraction of sp³-hybridized carbons (Fsp3) is 0.133. The molecule has 0 radical (unpaired) electrons. The molecule has 3 rings (SSSR count). The van der Waals surface area contributed by atoms with Gasteiger partial charge in [0, 0.05) is 12.3 Å². The summed E-state index contributed by atoms with van der Waals surface area (Å²) in [5.74, 6) is -0.346. The molecule has 21 heavy (non-hydrogen) atoms. The van der Waals surface area contributed by atoms with E-state index in [4.69, 9.17) is 4.52 Å². The molecule has 0 amide bonds. The molecule has 0 fully saturated rings. The molecule has 0 spiro atoms. The van der Waals surface area contributed by atoms with E-state index < -0.39 is 5.82 Å². The van der Waals surface area contributed by atoms with Gasteiger partial charge in [-0.05, 0) is 37.1 Å². The molecule has 5 nitrogen and oxygen atoms in total. The Morgan fingerprint density at radius 1 is 1.19 bits per heavy atom. The standard InChI is InChI=1S/C15H12FN3O2/c1-8-5-9(2)13(17-7-8)14-18-15(21-19-14)11-4-3-10(16)6-12(11)20/h3-7,20H,1-2H3. The van der Waals surface area contributed by atoms with Crippen molar-refractivity contribution in [2.45, 2.75) is 13.8 Å². The second-order valence-corrected chi connectivity index (χ2v) is 4.76. The molecule has 2 aromatic heterocycles. The summed E-state index contributed by atoms with van der Waals surface area (Å²) < 4.78 is 18.1. The van der Waals surface area contributed by atoms with E-state index in [1.165, 1.54) is 12.1 Å². The van der Waals surface area contributed by atoms with Gasteiger partial charge in [-0.2, -0.15) is 4.98 Å². The van der Waals surface area contributed by atoms with Crippen molar-refractivity contribution >= 4 is 0 Å². The predicted octanol–water partition coefficient (Wildman–Crippen LogP) is 3.26. The van der Waals surface area contributed by atoms with Gasteiger partial charge in [0.25, 0.3) is 5.89 Å². The normalized spacial score (nSPS) is 10.8. The van der Waals surface area contributed by atoms with Gasteiger partial charge in [0.15, 0.2) is 0 Å². The number of benzene rings is 1. The van der Waals surface area contributed by atoms with Crippen LogP contribution in [0, 0.1) is 19.7 Å². The number of hydrogen-bond donors (Lipinski definition) is 1. The van der Waals surface area contributed by atoms with Crippen LogP contribution in [0.1, 0.15) is 11.1 Å². The van der Waals surface area contributed by atoms with E-state index >= 15 is 0 Å². The van der Waals surface area contributed by atoms with Gasteiger partial charge in [-0.25, -0.2) is 4.39 Å². The summed E-state index contributed by atoms with van der Waals surface area (Å²) in [4.78, 5) is 8.49. The maximum atomic E-state index is 13.0.